The van der Waals surface area contributed by atoms with Crippen LogP contribution < -0.4 is 5.32 Å². The summed E-state index contributed by atoms with van der Waals surface area (Å²) in [5.41, 5.74) is 2.85. The highest BCUT2D eigenvalue weighted by Gasteiger charge is 2.36. The molecule has 1 N–H and O–H groups in total. The Hall–Kier alpha value is -0.500. The Morgan fingerprint density at radius 1 is 1.38 bits per heavy atom. The molecule has 0 fully saturated rings. The summed E-state index contributed by atoms with van der Waals surface area (Å²) in [6.07, 6.45) is 0. The number of anilines is 1. The molecule has 0 radical (unpaired) electrons. The molecule has 0 amide bonds. The van der Waals surface area contributed by atoms with E-state index in [4.69, 9.17) is 0 Å². The molecule has 0 spiro atoms. The number of halogens is 1. The van der Waals surface area contributed by atoms with Crippen LogP contribution in [0.4, 0.5) is 5.69 Å². The Balaban J connectivity index is 2.57. The van der Waals surface area contributed by atoms with Gasteiger partial charge in [-0.25, -0.2) is 0 Å². The molecule has 1 heterocycles. The fourth-order valence-electron chi connectivity index (χ4n) is 1.90. The molecule has 70 valence electrons. The van der Waals surface area contributed by atoms with Crippen molar-refractivity contribution >= 4 is 21.6 Å². The second kappa shape index (κ2) is 2.74. The summed E-state index contributed by atoms with van der Waals surface area (Å²) in [6, 6.07) is 6.33. The third-order valence-electron chi connectivity index (χ3n) is 3.03. The predicted octanol–water partition coefficient (Wildman–Crippen LogP) is 3.76. The largest absolute Gasteiger partial charge is 0.379 e. The Bertz CT molecular complexity index is 344. The van der Waals surface area contributed by atoms with Crippen LogP contribution in [-0.2, 0) is 0 Å². The molecule has 1 aromatic carbocycles. The molecule has 2 rings (SSSR count). The van der Waals surface area contributed by atoms with Gasteiger partial charge in [0, 0.05) is 21.6 Å². The van der Waals surface area contributed by atoms with Crippen molar-refractivity contribution in [3.05, 3.63) is 28.2 Å². The van der Waals surface area contributed by atoms with Gasteiger partial charge in [0.25, 0.3) is 0 Å². The highest BCUT2D eigenvalue weighted by Crippen LogP contribution is 2.45. The topological polar surface area (TPSA) is 12.0 Å². The van der Waals surface area contributed by atoms with Gasteiger partial charge in [0.1, 0.15) is 0 Å². The summed E-state index contributed by atoms with van der Waals surface area (Å²) >= 11 is 3.60. The molecule has 1 aliphatic rings. The normalized spacial score (nSPS) is 23.8. The lowest BCUT2D eigenvalue weighted by Crippen LogP contribution is -2.30. The fraction of sp³-hybridized carbons (Fsp3) is 0.455. The van der Waals surface area contributed by atoms with E-state index < -0.39 is 0 Å². The SMILES string of the molecule is CC1c2c(Br)cccc2NC1(C)C. The van der Waals surface area contributed by atoms with Crippen molar-refractivity contribution in [2.24, 2.45) is 0 Å². The van der Waals surface area contributed by atoms with Gasteiger partial charge in [-0.05, 0) is 31.5 Å². The number of hydrogen-bond donors (Lipinski definition) is 1. The van der Waals surface area contributed by atoms with Gasteiger partial charge in [-0.1, -0.05) is 28.9 Å². The lowest BCUT2D eigenvalue weighted by atomic mass is 9.88. The van der Waals surface area contributed by atoms with Crippen LogP contribution >= 0.6 is 15.9 Å². The van der Waals surface area contributed by atoms with E-state index in [1.165, 1.54) is 15.7 Å². The summed E-state index contributed by atoms with van der Waals surface area (Å²) in [5.74, 6) is 0.554. The van der Waals surface area contributed by atoms with Crippen LogP contribution in [0.3, 0.4) is 0 Å². The average Bonchev–Trinajstić information content (AvgIpc) is 2.24. The van der Waals surface area contributed by atoms with E-state index in [1.807, 2.05) is 0 Å². The Morgan fingerprint density at radius 3 is 2.69 bits per heavy atom. The molecule has 1 aliphatic heterocycles. The smallest absolute Gasteiger partial charge is 0.0392 e. The molecule has 0 saturated carbocycles. The zero-order valence-corrected chi connectivity index (χ0v) is 9.77. The van der Waals surface area contributed by atoms with E-state index in [9.17, 15) is 0 Å². The predicted molar refractivity (Wildman–Crippen MR) is 60.3 cm³/mol. The average molecular weight is 240 g/mol. The van der Waals surface area contributed by atoms with Crippen LogP contribution in [-0.4, -0.2) is 5.54 Å². The maximum atomic E-state index is 3.60. The van der Waals surface area contributed by atoms with Gasteiger partial charge >= 0.3 is 0 Å². The van der Waals surface area contributed by atoms with Crippen molar-refractivity contribution in [1.82, 2.24) is 0 Å². The van der Waals surface area contributed by atoms with Crippen molar-refractivity contribution in [3.63, 3.8) is 0 Å². The number of benzene rings is 1. The minimum atomic E-state index is 0.173. The first-order valence-electron chi connectivity index (χ1n) is 4.59. The first-order valence-corrected chi connectivity index (χ1v) is 5.38. The standard InChI is InChI=1S/C11H14BrN/c1-7-10-8(12)5-4-6-9(10)13-11(7,2)3/h4-7,13H,1-3H3. The minimum absolute atomic E-state index is 0.173. The van der Waals surface area contributed by atoms with Crippen LogP contribution in [0.5, 0.6) is 0 Å². The van der Waals surface area contributed by atoms with Gasteiger partial charge in [-0.3, -0.25) is 0 Å². The van der Waals surface area contributed by atoms with E-state index in [0.29, 0.717) is 5.92 Å². The fourth-order valence-corrected chi connectivity index (χ4v) is 2.61. The summed E-state index contributed by atoms with van der Waals surface area (Å²) < 4.78 is 1.22. The van der Waals surface area contributed by atoms with Crippen molar-refractivity contribution in [2.45, 2.75) is 32.2 Å². The van der Waals surface area contributed by atoms with Gasteiger partial charge in [-0.15, -0.1) is 0 Å². The van der Waals surface area contributed by atoms with Crippen molar-refractivity contribution in [3.8, 4) is 0 Å². The third kappa shape index (κ3) is 1.28. The summed E-state index contributed by atoms with van der Waals surface area (Å²) in [7, 11) is 0. The quantitative estimate of drug-likeness (QED) is 0.728. The second-order valence-electron chi connectivity index (χ2n) is 4.27. The maximum absolute atomic E-state index is 3.60. The lowest BCUT2D eigenvalue weighted by molar-refractivity contribution is 0.502. The maximum Gasteiger partial charge on any atom is 0.0392 e. The van der Waals surface area contributed by atoms with E-state index in [1.54, 1.807) is 0 Å². The summed E-state index contributed by atoms with van der Waals surface area (Å²) in [4.78, 5) is 0. The van der Waals surface area contributed by atoms with Crippen LogP contribution in [0.25, 0.3) is 0 Å². The molecule has 1 atom stereocenters. The second-order valence-corrected chi connectivity index (χ2v) is 5.12. The van der Waals surface area contributed by atoms with Crippen molar-refractivity contribution in [2.75, 3.05) is 5.32 Å². The van der Waals surface area contributed by atoms with Gasteiger partial charge in [0.05, 0.1) is 0 Å². The molecule has 0 bridgehead atoms. The molecule has 0 aromatic heterocycles. The molecule has 0 saturated heterocycles. The molecule has 2 heteroatoms. The van der Waals surface area contributed by atoms with Gasteiger partial charge in [0.2, 0.25) is 0 Å². The molecule has 1 aromatic rings. The van der Waals surface area contributed by atoms with Crippen LogP contribution in [0.15, 0.2) is 22.7 Å². The molecule has 1 unspecified atom stereocenters. The van der Waals surface area contributed by atoms with E-state index in [2.05, 4.69) is 60.2 Å². The highest BCUT2D eigenvalue weighted by atomic mass is 79.9. The molecular formula is C11H14BrN. The third-order valence-corrected chi connectivity index (χ3v) is 3.72. The lowest BCUT2D eigenvalue weighted by Gasteiger charge is -2.24. The Kier molecular flexibility index (Phi) is 1.91. The first kappa shape index (κ1) is 9.07. The molecule has 0 aliphatic carbocycles. The molecule has 1 nitrogen and oxygen atoms in total. The minimum Gasteiger partial charge on any atom is -0.379 e. The molecule has 13 heavy (non-hydrogen) atoms. The van der Waals surface area contributed by atoms with E-state index >= 15 is 0 Å². The number of rotatable bonds is 0. The van der Waals surface area contributed by atoms with Gasteiger partial charge in [-0.2, -0.15) is 0 Å². The zero-order valence-electron chi connectivity index (χ0n) is 8.19. The highest BCUT2D eigenvalue weighted by molar-refractivity contribution is 9.10. The first-order chi connectivity index (χ1) is 6.02. The van der Waals surface area contributed by atoms with Crippen molar-refractivity contribution in [1.29, 1.82) is 0 Å². The number of hydrogen-bond acceptors (Lipinski definition) is 1. The number of fused-ring (bicyclic) bond motifs is 1. The zero-order chi connectivity index (χ0) is 9.64. The Labute approximate surface area is 87.7 Å². The van der Waals surface area contributed by atoms with Crippen LogP contribution in [0, 0.1) is 0 Å². The number of nitrogens with one attached hydrogen (secondary N) is 1. The summed E-state index contributed by atoms with van der Waals surface area (Å²) in [6.45, 7) is 6.75. The van der Waals surface area contributed by atoms with Crippen LogP contribution in [0.2, 0.25) is 0 Å². The van der Waals surface area contributed by atoms with E-state index in [-0.39, 0.29) is 5.54 Å². The summed E-state index contributed by atoms with van der Waals surface area (Å²) in [5, 5.41) is 3.53. The van der Waals surface area contributed by atoms with Crippen molar-refractivity contribution < 1.29 is 0 Å². The Morgan fingerprint density at radius 2 is 2.08 bits per heavy atom. The van der Waals surface area contributed by atoms with Crippen LogP contribution in [0.1, 0.15) is 32.3 Å². The monoisotopic (exact) mass is 239 g/mol. The van der Waals surface area contributed by atoms with Gasteiger partial charge < -0.3 is 5.32 Å². The molecular weight excluding hydrogens is 226 g/mol. The van der Waals surface area contributed by atoms with E-state index in [0.717, 1.165) is 0 Å². The van der Waals surface area contributed by atoms with Gasteiger partial charge in [0.15, 0.2) is 0 Å².